The Morgan fingerprint density at radius 1 is 1.25 bits per heavy atom. The van der Waals surface area contributed by atoms with Crippen LogP contribution in [0.25, 0.3) is 0 Å². The minimum absolute atomic E-state index is 0.410. The molecule has 1 fully saturated rings. The van der Waals surface area contributed by atoms with E-state index in [4.69, 9.17) is 11.0 Å². The van der Waals surface area contributed by atoms with Crippen molar-refractivity contribution < 1.29 is 0 Å². The molecule has 2 N–H and O–H groups in total. The van der Waals surface area contributed by atoms with Gasteiger partial charge in [0.05, 0.1) is 6.07 Å². The highest BCUT2D eigenvalue weighted by Crippen LogP contribution is 2.34. The van der Waals surface area contributed by atoms with Crippen LogP contribution in [0.15, 0.2) is 0 Å². The van der Waals surface area contributed by atoms with Crippen LogP contribution in [0.2, 0.25) is 0 Å². The minimum atomic E-state index is -0.700. The molecule has 92 valence electrons. The summed E-state index contributed by atoms with van der Waals surface area (Å²) in [5.74, 6) is 0.801. The number of piperidine rings is 1. The van der Waals surface area contributed by atoms with Crippen LogP contribution in [0.4, 0.5) is 0 Å². The van der Waals surface area contributed by atoms with E-state index in [1.54, 1.807) is 0 Å². The number of nitrogens with zero attached hydrogens (tertiary/aromatic N) is 2. The van der Waals surface area contributed by atoms with Crippen molar-refractivity contribution in [3.8, 4) is 6.07 Å². The van der Waals surface area contributed by atoms with Crippen LogP contribution < -0.4 is 5.73 Å². The van der Waals surface area contributed by atoms with Gasteiger partial charge in [0.25, 0.3) is 0 Å². The van der Waals surface area contributed by atoms with E-state index in [0.717, 1.165) is 19.0 Å². The van der Waals surface area contributed by atoms with E-state index < -0.39 is 5.54 Å². The van der Waals surface area contributed by atoms with Crippen molar-refractivity contribution in [3.05, 3.63) is 0 Å². The number of hydrogen-bond acceptors (Lipinski definition) is 3. The molecule has 0 aliphatic carbocycles. The van der Waals surface area contributed by atoms with E-state index in [1.165, 1.54) is 12.8 Å². The largest absolute Gasteiger partial charge is 0.313 e. The van der Waals surface area contributed by atoms with Crippen LogP contribution in [0.1, 0.15) is 40.5 Å². The number of nitriles is 1. The molecule has 0 spiro atoms. The molecule has 3 heteroatoms. The second-order valence-electron chi connectivity index (χ2n) is 6.45. The maximum atomic E-state index is 8.90. The maximum Gasteiger partial charge on any atom is 0.114 e. The quantitative estimate of drug-likeness (QED) is 0.779. The molecule has 0 aromatic rings. The molecule has 1 heterocycles. The van der Waals surface area contributed by atoms with E-state index in [2.05, 4.69) is 31.7 Å². The number of rotatable bonds is 2. The SMILES string of the molecule is CC(N)(C#N)CN1CCC(C(C)(C)C)CC1. The third-order valence-electron chi connectivity index (χ3n) is 3.62. The van der Waals surface area contributed by atoms with Gasteiger partial charge in [-0.2, -0.15) is 5.26 Å². The molecular formula is C13H25N3. The third kappa shape index (κ3) is 3.77. The Labute approximate surface area is 99.6 Å². The Hall–Kier alpha value is -0.590. The molecule has 0 radical (unpaired) electrons. The summed E-state index contributed by atoms with van der Waals surface area (Å²) in [6.45, 7) is 11.6. The Bertz CT molecular complexity index is 262. The van der Waals surface area contributed by atoms with Crippen molar-refractivity contribution in [1.82, 2.24) is 4.90 Å². The van der Waals surface area contributed by atoms with Crippen molar-refractivity contribution >= 4 is 0 Å². The van der Waals surface area contributed by atoms with Crippen LogP contribution in [-0.4, -0.2) is 30.1 Å². The normalized spacial score (nSPS) is 23.8. The van der Waals surface area contributed by atoms with Crippen LogP contribution in [0.3, 0.4) is 0 Å². The summed E-state index contributed by atoms with van der Waals surface area (Å²) in [7, 11) is 0. The van der Waals surface area contributed by atoms with Gasteiger partial charge in [-0.1, -0.05) is 20.8 Å². The van der Waals surface area contributed by atoms with Crippen LogP contribution in [0, 0.1) is 22.7 Å². The first kappa shape index (κ1) is 13.5. The molecule has 0 aromatic heterocycles. The van der Waals surface area contributed by atoms with Gasteiger partial charge < -0.3 is 10.6 Å². The average molecular weight is 223 g/mol. The molecule has 0 saturated carbocycles. The van der Waals surface area contributed by atoms with Gasteiger partial charge in [-0.3, -0.25) is 0 Å². The van der Waals surface area contributed by atoms with Gasteiger partial charge >= 0.3 is 0 Å². The van der Waals surface area contributed by atoms with Gasteiger partial charge in [0.15, 0.2) is 0 Å². The minimum Gasteiger partial charge on any atom is -0.313 e. The Morgan fingerprint density at radius 3 is 2.12 bits per heavy atom. The highest BCUT2D eigenvalue weighted by atomic mass is 15.1. The highest BCUT2D eigenvalue weighted by Gasteiger charge is 2.30. The predicted molar refractivity (Wildman–Crippen MR) is 66.8 cm³/mol. The van der Waals surface area contributed by atoms with E-state index in [9.17, 15) is 0 Å². The van der Waals surface area contributed by atoms with Gasteiger partial charge in [0.2, 0.25) is 0 Å². The highest BCUT2D eigenvalue weighted by molar-refractivity contribution is 5.03. The topological polar surface area (TPSA) is 53.1 Å². The average Bonchev–Trinajstić information content (AvgIpc) is 2.16. The predicted octanol–water partition coefficient (Wildman–Crippen LogP) is 1.99. The molecule has 1 saturated heterocycles. The maximum absolute atomic E-state index is 8.90. The van der Waals surface area contributed by atoms with Crippen molar-refractivity contribution in [2.24, 2.45) is 17.1 Å². The lowest BCUT2D eigenvalue weighted by molar-refractivity contribution is 0.104. The lowest BCUT2D eigenvalue weighted by Crippen LogP contribution is -2.49. The van der Waals surface area contributed by atoms with E-state index in [1.807, 2.05) is 6.92 Å². The second kappa shape index (κ2) is 4.73. The summed E-state index contributed by atoms with van der Waals surface area (Å²) in [6, 6.07) is 2.17. The first-order chi connectivity index (χ1) is 7.24. The smallest absolute Gasteiger partial charge is 0.114 e. The lowest BCUT2D eigenvalue weighted by Gasteiger charge is -2.40. The van der Waals surface area contributed by atoms with E-state index >= 15 is 0 Å². The molecule has 1 aliphatic rings. The lowest BCUT2D eigenvalue weighted by atomic mass is 9.75. The Balaban J connectivity index is 2.42. The van der Waals surface area contributed by atoms with Crippen molar-refractivity contribution in [2.75, 3.05) is 19.6 Å². The molecule has 0 aromatic carbocycles. The number of hydrogen-bond donors (Lipinski definition) is 1. The van der Waals surface area contributed by atoms with Gasteiger partial charge in [-0.05, 0) is 44.2 Å². The molecule has 0 bridgehead atoms. The van der Waals surface area contributed by atoms with Crippen molar-refractivity contribution in [3.63, 3.8) is 0 Å². The summed E-state index contributed by atoms with van der Waals surface area (Å²) >= 11 is 0. The fraction of sp³-hybridized carbons (Fsp3) is 0.923. The number of nitrogens with two attached hydrogens (primary N) is 1. The van der Waals surface area contributed by atoms with Crippen LogP contribution >= 0.6 is 0 Å². The standard InChI is InChI=1S/C13H25N3/c1-12(2,3)11-5-7-16(8-6-11)10-13(4,15)9-14/h11H,5-8,10,15H2,1-4H3. The summed E-state index contributed by atoms with van der Waals surface area (Å²) in [5.41, 5.74) is 5.57. The van der Waals surface area contributed by atoms with Crippen LogP contribution in [0.5, 0.6) is 0 Å². The second-order valence-corrected chi connectivity index (χ2v) is 6.45. The molecule has 1 unspecified atom stereocenters. The first-order valence-corrected chi connectivity index (χ1v) is 6.17. The molecule has 16 heavy (non-hydrogen) atoms. The zero-order valence-electron chi connectivity index (χ0n) is 11.1. The first-order valence-electron chi connectivity index (χ1n) is 6.17. The Kier molecular flexibility index (Phi) is 3.98. The number of likely N-dealkylation sites (tertiary alicyclic amines) is 1. The summed E-state index contributed by atoms with van der Waals surface area (Å²) in [6.07, 6.45) is 2.45. The molecule has 0 amide bonds. The molecule has 1 aliphatic heterocycles. The van der Waals surface area contributed by atoms with Gasteiger partial charge in [0.1, 0.15) is 5.54 Å². The monoisotopic (exact) mass is 223 g/mol. The summed E-state index contributed by atoms with van der Waals surface area (Å²) in [4.78, 5) is 2.32. The zero-order chi connectivity index (χ0) is 12.4. The molecule has 3 nitrogen and oxygen atoms in total. The van der Waals surface area contributed by atoms with Crippen molar-refractivity contribution in [2.45, 2.75) is 46.1 Å². The van der Waals surface area contributed by atoms with Gasteiger partial charge in [-0.15, -0.1) is 0 Å². The van der Waals surface area contributed by atoms with Crippen molar-refractivity contribution in [1.29, 1.82) is 5.26 Å². The van der Waals surface area contributed by atoms with Gasteiger partial charge in [-0.25, -0.2) is 0 Å². The molecular weight excluding hydrogens is 198 g/mol. The summed E-state index contributed by atoms with van der Waals surface area (Å²) < 4.78 is 0. The fourth-order valence-electron chi connectivity index (χ4n) is 2.46. The molecule has 1 rings (SSSR count). The fourth-order valence-corrected chi connectivity index (χ4v) is 2.46. The zero-order valence-corrected chi connectivity index (χ0v) is 11.1. The van der Waals surface area contributed by atoms with Crippen LogP contribution in [-0.2, 0) is 0 Å². The molecule has 1 atom stereocenters. The van der Waals surface area contributed by atoms with E-state index in [-0.39, 0.29) is 0 Å². The van der Waals surface area contributed by atoms with Gasteiger partial charge in [0, 0.05) is 6.54 Å². The summed E-state index contributed by atoms with van der Waals surface area (Å²) in [5, 5.41) is 8.90. The third-order valence-corrected chi connectivity index (χ3v) is 3.62. The van der Waals surface area contributed by atoms with E-state index in [0.29, 0.717) is 12.0 Å². The Morgan fingerprint density at radius 2 is 1.75 bits per heavy atom.